The van der Waals surface area contributed by atoms with Crippen molar-refractivity contribution in [1.82, 2.24) is 0 Å². The molecule has 3 aromatic rings. The van der Waals surface area contributed by atoms with E-state index >= 15 is 0 Å². The van der Waals surface area contributed by atoms with Gasteiger partial charge in [0.25, 0.3) is 0 Å². The van der Waals surface area contributed by atoms with Gasteiger partial charge in [0.05, 0.1) is 10.7 Å². The predicted molar refractivity (Wildman–Crippen MR) is 141 cm³/mol. The van der Waals surface area contributed by atoms with Crippen LogP contribution in [-0.2, 0) is 0 Å². The number of aliphatic imine (C=N–C) groups is 1. The molecule has 0 radical (unpaired) electrons. The third-order valence-corrected chi connectivity index (χ3v) is 5.20. The third kappa shape index (κ3) is 8.01. The molecule has 0 unspecified atom stereocenters. The molecule has 0 atom stereocenters. The number of nitrogens with zero attached hydrogens (tertiary/aromatic N) is 1. The first-order valence-electron chi connectivity index (χ1n) is 11.5. The van der Waals surface area contributed by atoms with Crippen LogP contribution in [0, 0.1) is 53.0 Å². The van der Waals surface area contributed by atoms with E-state index in [4.69, 9.17) is 0 Å². The number of thiocarbonyl (C=S) groups is 1. The summed E-state index contributed by atoms with van der Waals surface area (Å²) < 4.78 is 42.3. The van der Waals surface area contributed by atoms with Crippen LogP contribution in [0.1, 0.15) is 66.8 Å². The molecule has 5 heteroatoms. The normalized spacial score (nSPS) is 9.56. The predicted octanol–water partition coefficient (Wildman–Crippen LogP) is 7.96. The van der Waals surface area contributed by atoms with Crippen molar-refractivity contribution in [2.45, 2.75) is 39.0 Å². The zero-order chi connectivity index (χ0) is 25.8. The van der Waals surface area contributed by atoms with Crippen molar-refractivity contribution < 1.29 is 13.2 Å². The lowest BCUT2D eigenvalue weighted by Crippen LogP contribution is -1.87. The highest BCUT2D eigenvalue weighted by Gasteiger charge is 2.09. The Kier molecular flexibility index (Phi) is 10.1. The smallest absolute Gasteiger partial charge is 0.153 e. The second-order valence-corrected chi connectivity index (χ2v) is 8.06. The number of isothiocyanates is 1. The largest absolute Gasteiger partial charge is 0.206 e. The molecular formula is C31H22F3NS. The minimum atomic E-state index is -0.864. The van der Waals surface area contributed by atoms with Crippen molar-refractivity contribution in [3.63, 3.8) is 0 Å². The lowest BCUT2D eigenvalue weighted by atomic mass is 10.1. The molecule has 0 aliphatic rings. The van der Waals surface area contributed by atoms with Gasteiger partial charge in [0, 0.05) is 28.7 Å². The Bertz CT molecular complexity index is 1440. The summed E-state index contributed by atoms with van der Waals surface area (Å²) in [7, 11) is 0. The van der Waals surface area contributed by atoms with Crippen molar-refractivity contribution in [3.8, 4) is 35.5 Å². The maximum Gasteiger partial charge on any atom is 0.153 e. The minimum absolute atomic E-state index is 0.164. The zero-order valence-electron chi connectivity index (χ0n) is 19.7. The molecule has 3 aromatic carbocycles. The second-order valence-electron chi connectivity index (χ2n) is 7.88. The molecule has 0 spiro atoms. The Morgan fingerprint density at radius 1 is 0.667 bits per heavy atom. The summed E-state index contributed by atoms with van der Waals surface area (Å²) in [6.45, 7) is 2.17. The number of unbranched alkanes of at least 4 members (excludes halogenated alkanes) is 4. The fourth-order valence-electron chi connectivity index (χ4n) is 3.21. The number of rotatable bonds is 5. The molecule has 0 aromatic heterocycles. The quantitative estimate of drug-likeness (QED) is 0.151. The SMILES string of the molecule is CCCCCCC#Cc1ccc(C#Cc2ccc(C#Cc3cc(F)c(N=C=S)c(F)c3)cc2)c(F)c1. The van der Waals surface area contributed by atoms with E-state index in [9.17, 15) is 13.2 Å². The first-order chi connectivity index (χ1) is 17.5. The second kappa shape index (κ2) is 13.7. The van der Waals surface area contributed by atoms with E-state index in [-0.39, 0.29) is 11.1 Å². The summed E-state index contributed by atoms with van der Waals surface area (Å²) in [4.78, 5) is 3.37. The van der Waals surface area contributed by atoms with Crippen LogP contribution in [0.15, 0.2) is 59.6 Å². The van der Waals surface area contributed by atoms with Gasteiger partial charge in [0.1, 0.15) is 11.5 Å². The van der Waals surface area contributed by atoms with E-state index in [2.05, 4.69) is 59.7 Å². The van der Waals surface area contributed by atoms with Crippen molar-refractivity contribution in [2.24, 2.45) is 4.99 Å². The van der Waals surface area contributed by atoms with Gasteiger partial charge in [-0.1, -0.05) is 61.7 Å². The first kappa shape index (κ1) is 26.5. The number of hydrogen-bond donors (Lipinski definition) is 0. The Morgan fingerprint density at radius 3 is 1.86 bits per heavy atom. The number of hydrogen-bond acceptors (Lipinski definition) is 2. The van der Waals surface area contributed by atoms with E-state index in [1.165, 1.54) is 25.3 Å². The van der Waals surface area contributed by atoms with Crippen LogP contribution < -0.4 is 0 Å². The highest BCUT2D eigenvalue weighted by Crippen LogP contribution is 2.23. The van der Waals surface area contributed by atoms with Gasteiger partial charge < -0.3 is 0 Å². The van der Waals surface area contributed by atoms with Crippen molar-refractivity contribution in [1.29, 1.82) is 0 Å². The lowest BCUT2D eigenvalue weighted by Gasteiger charge is -1.98. The van der Waals surface area contributed by atoms with E-state index in [1.54, 1.807) is 36.4 Å². The Balaban J connectivity index is 1.66. The molecule has 0 aliphatic carbocycles. The van der Waals surface area contributed by atoms with E-state index < -0.39 is 23.1 Å². The summed E-state index contributed by atoms with van der Waals surface area (Å²) in [5, 5.41) is 1.94. The Labute approximate surface area is 215 Å². The Hall–Kier alpha value is -4.07. The molecule has 1 nitrogen and oxygen atoms in total. The molecule has 0 fully saturated rings. The lowest BCUT2D eigenvalue weighted by molar-refractivity contribution is 0.587. The van der Waals surface area contributed by atoms with Gasteiger partial charge >= 0.3 is 0 Å². The molecule has 178 valence electrons. The van der Waals surface area contributed by atoms with Crippen LogP contribution in [0.5, 0.6) is 0 Å². The molecule has 0 aliphatic heterocycles. The molecule has 3 rings (SSSR count). The van der Waals surface area contributed by atoms with Gasteiger partial charge in [0.2, 0.25) is 0 Å². The monoisotopic (exact) mass is 497 g/mol. The van der Waals surface area contributed by atoms with E-state index in [0.717, 1.165) is 25.0 Å². The first-order valence-corrected chi connectivity index (χ1v) is 11.9. The third-order valence-electron chi connectivity index (χ3n) is 5.11. The molecule has 0 N–H and O–H groups in total. The maximum atomic E-state index is 14.4. The van der Waals surface area contributed by atoms with Crippen molar-refractivity contribution in [2.75, 3.05) is 0 Å². The average molecular weight is 498 g/mol. The standard InChI is InChI=1S/C31H22F3NS/c1-2-3-4-5-6-7-8-25-16-18-27(28(32)19-25)17-15-24-11-9-23(10-12-24)13-14-26-20-29(33)31(35-22-36)30(34)21-26/h9-12,16,18-21H,2-6H2,1H3. The van der Waals surface area contributed by atoms with Gasteiger partial charge in [-0.15, -0.1) is 0 Å². The number of halogens is 3. The van der Waals surface area contributed by atoms with E-state index in [0.29, 0.717) is 16.7 Å². The van der Waals surface area contributed by atoms with Crippen LogP contribution in [0.25, 0.3) is 0 Å². The summed E-state index contributed by atoms with van der Waals surface area (Å²) >= 11 is 4.39. The van der Waals surface area contributed by atoms with Gasteiger partial charge in [-0.05, 0) is 73.2 Å². The van der Waals surface area contributed by atoms with Gasteiger partial charge in [-0.3, -0.25) is 0 Å². The molecule has 0 bridgehead atoms. The molecule has 36 heavy (non-hydrogen) atoms. The average Bonchev–Trinajstić information content (AvgIpc) is 2.87. The van der Waals surface area contributed by atoms with Crippen LogP contribution in [0.4, 0.5) is 18.9 Å². The zero-order valence-corrected chi connectivity index (χ0v) is 20.5. The van der Waals surface area contributed by atoms with Crippen LogP contribution in [0.3, 0.4) is 0 Å². The molecular weight excluding hydrogens is 475 g/mol. The molecule has 0 heterocycles. The van der Waals surface area contributed by atoms with Gasteiger partial charge in [-0.25, -0.2) is 13.2 Å². The molecule has 0 amide bonds. The fraction of sp³-hybridized carbons (Fsp3) is 0.194. The number of benzene rings is 3. The van der Waals surface area contributed by atoms with Crippen LogP contribution in [0.2, 0.25) is 0 Å². The summed E-state index contributed by atoms with van der Waals surface area (Å²) in [5.74, 6) is 15.3. The highest BCUT2D eigenvalue weighted by molar-refractivity contribution is 7.78. The van der Waals surface area contributed by atoms with Gasteiger partial charge in [-0.2, -0.15) is 4.99 Å². The van der Waals surface area contributed by atoms with Crippen LogP contribution >= 0.6 is 12.2 Å². The van der Waals surface area contributed by atoms with Crippen LogP contribution in [-0.4, -0.2) is 5.16 Å². The maximum absolute atomic E-state index is 14.4. The molecule has 0 saturated heterocycles. The van der Waals surface area contributed by atoms with Gasteiger partial charge in [0.15, 0.2) is 11.6 Å². The summed E-state index contributed by atoms with van der Waals surface area (Å²) in [5.41, 5.74) is 1.91. The highest BCUT2D eigenvalue weighted by atomic mass is 32.1. The minimum Gasteiger partial charge on any atom is -0.206 e. The summed E-state index contributed by atoms with van der Waals surface area (Å²) in [6, 6.07) is 13.9. The summed E-state index contributed by atoms with van der Waals surface area (Å²) in [6.07, 6.45) is 5.44. The van der Waals surface area contributed by atoms with Crippen molar-refractivity contribution in [3.05, 3.63) is 99.9 Å². The van der Waals surface area contributed by atoms with E-state index in [1.807, 2.05) is 5.16 Å². The Morgan fingerprint density at radius 2 is 1.25 bits per heavy atom. The fourth-order valence-corrected chi connectivity index (χ4v) is 3.30. The van der Waals surface area contributed by atoms with Crippen molar-refractivity contribution >= 4 is 23.1 Å². The topological polar surface area (TPSA) is 12.4 Å². The molecule has 0 saturated carbocycles.